The molecule has 2 nitrogen and oxygen atoms in total. The molecule has 226 valence electrons. The second-order valence-corrected chi connectivity index (χ2v) is 12.5. The Labute approximate surface area is 280 Å². The third kappa shape index (κ3) is 4.70. The fraction of sp³-hybridized carbons (Fsp3) is 0.0217. The van der Waals surface area contributed by atoms with E-state index in [4.69, 9.17) is 4.98 Å². The number of rotatable bonds is 5. The van der Waals surface area contributed by atoms with Gasteiger partial charge in [0.25, 0.3) is 0 Å². The van der Waals surface area contributed by atoms with E-state index in [1.807, 2.05) is 6.07 Å². The Kier molecular flexibility index (Phi) is 6.72. The molecule has 0 spiro atoms. The summed E-state index contributed by atoms with van der Waals surface area (Å²) in [4.78, 5) is 5.09. The number of aromatic nitrogens is 2. The lowest BCUT2D eigenvalue weighted by Gasteiger charge is -2.19. The van der Waals surface area contributed by atoms with Gasteiger partial charge in [-0.2, -0.15) is 0 Å². The predicted molar refractivity (Wildman–Crippen MR) is 203 cm³/mol. The monoisotopic (exact) mass is 612 g/mol. The molecule has 0 fully saturated rings. The quantitative estimate of drug-likeness (QED) is 0.177. The average molecular weight is 613 g/mol. The molecule has 0 saturated heterocycles. The molecule has 0 bridgehead atoms. The van der Waals surface area contributed by atoms with Crippen molar-refractivity contribution in [2.75, 3.05) is 0 Å². The standard InChI is InChI=1S/C46H32N2/c1-31-21-28-43-42(29-31)47-46(35-17-9-4-10-18-35)48(43)37-25-22-32(23-26-37)36-24-27-40-41(30-36)45(34-15-7-3-8-16-34)39-20-12-11-19-38(39)44(40)33-13-5-2-6-14-33/h2-30H,1H3. The molecule has 0 radical (unpaired) electrons. The summed E-state index contributed by atoms with van der Waals surface area (Å²) in [5.41, 5.74) is 12.9. The third-order valence-corrected chi connectivity index (χ3v) is 9.45. The molecule has 48 heavy (non-hydrogen) atoms. The van der Waals surface area contributed by atoms with Gasteiger partial charge in [0.2, 0.25) is 0 Å². The maximum atomic E-state index is 5.09. The van der Waals surface area contributed by atoms with Crippen molar-refractivity contribution in [2.24, 2.45) is 0 Å². The summed E-state index contributed by atoms with van der Waals surface area (Å²) in [5, 5.41) is 5.04. The number of hydrogen-bond acceptors (Lipinski definition) is 1. The summed E-state index contributed by atoms with van der Waals surface area (Å²) in [6.45, 7) is 2.12. The van der Waals surface area contributed by atoms with E-state index in [9.17, 15) is 0 Å². The van der Waals surface area contributed by atoms with E-state index in [1.165, 1.54) is 60.5 Å². The zero-order chi connectivity index (χ0) is 32.0. The van der Waals surface area contributed by atoms with Crippen molar-refractivity contribution in [3.8, 4) is 50.5 Å². The normalized spacial score (nSPS) is 11.4. The predicted octanol–water partition coefficient (Wildman–Crippen LogP) is 12.3. The molecular formula is C46H32N2. The van der Waals surface area contributed by atoms with E-state index in [0.29, 0.717) is 0 Å². The molecule has 0 atom stereocenters. The molecular weight excluding hydrogens is 581 g/mol. The van der Waals surface area contributed by atoms with Gasteiger partial charge >= 0.3 is 0 Å². The molecule has 9 aromatic rings. The highest BCUT2D eigenvalue weighted by Gasteiger charge is 2.18. The van der Waals surface area contributed by atoms with Crippen LogP contribution in [-0.4, -0.2) is 9.55 Å². The first-order valence-electron chi connectivity index (χ1n) is 16.5. The van der Waals surface area contributed by atoms with Gasteiger partial charge in [-0.25, -0.2) is 4.98 Å². The highest BCUT2D eigenvalue weighted by molar-refractivity contribution is 6.21. The second-order valence-electron chi connectivity index (χ2n) is 12.5. The highest BCUT2D eigenvalue weighted by atomic mass is 15.1. The molecule has 0 unspecified atom stereocenters. The minimum atomic E-state index is 0.947. The summed E-state index contributed by atoms with van der Waals surface area (Å²) in [5.74, 6) is 0.947. The third-order valence-electron chi connectivity index (χ3n) is 9.45. The van der Waals surface area contributed by atoms with Gasteiger partial charge in [0, 0.05) is 11.3 Å². The SMILES string of the molecule is Cc1ccc2c(c1)nc(-c1ccccc1)n2-c1ccc(-c2ccc3c(-c4ccccc4)c4ccccc4c(-c4ccccc4)c3c2)cc1. The van der Waals surface area contributed by atoms with Crippen LogP contribution in [0.3, 0.4) is 0 Å². The lowest BCUT2D eigenvalue weighted by molar-refractivity contribution is 1.10. The zero-order valence-corrected chi connectivity index (χ0v) is 26.6. The zero-order valence-electron chi connectivity index (χ0n) is 26.6. The Morgan fingerprint density at radius 1 is 0.396 bits per heavy atom. The van der Waals surface area contributed by atoms with Crippen molar-refractivity contribution in [2.45, 2.75) is 6.92 Å². The maximum absolute atomic E-state index is 5.09. The largest absolute Gasteiger partial charge is 0.292 e. The van der Waals surface area contributed by atoms with E-state index in [-0.39, 0.29) is 0 Å². The van der Waals surface area contributed by atoms with Gasteiger partial charge in [-0.05, 0) is 97.7 Å². The van der Waals surface area contributed by atoms with Gasteiger partial charge in [0.05, 0.1) is 11.0 Å². The van der Waals surface area contributed by atoms with Crippen LogP contribution in [0, 0.1) is 6.92 Å². The molecule has 0 amide bonds. The Balaban J connectivity index is 1.24. The number of nitrogens with zero attached hydrogens (tertiary/aromatic N) is 2. The summed E-state index contributed by atoms with van der Waals surface area (Å²) in [6.07, 6.45) is 0. The van der Waals surface area contributed by atoms with Gasteiger partial charge in [-0.3, -0.25) is 4.57 Å². The molecule has 2 heteroatoms. The Morgan fingerprint density at radius 3 is 1.54 bits per heavy atom. The van der Waals surface area contributed by atoms with Crippen LogP contribution < -0.4 is 0 Å². The summed E-state index contributed by atoms with van der Waals surface area (Å²) >= 11 is 0. The minimum absolute atomic E-state index is 0.947. The number of imidazole rings is 1. The van der Waals surface area contributed by atoms with Crippen LogP contribution in [0.2, 0.25) is 0 Å². The Bertz CT molecular complexity index is 2580. The van der Waals surface area contributed by atoms with Crippen LogP contribution in [0.4, 0.5) is 0 Å². The first-order valence-corrected chi connectivity index (χ1v) is 16.5. The number of fused-ring (bicyclic) bond motifs is 3. The van der Waals surface area contributed by atoms with Crippen molar-refractivity contribution in [3.63, 3.8) is 0 Å². The van der Waals surface area contributed by atoms with Gasteiger partial charge < -0.3 is 0 Å². The van der Waals surface area contributed by atoms with Crippen LogP contribution in [0.5, 0.6) is 0 Å². The van der Waals surface area contributed by atoms with Crippen LogP contribution in [0.15, 0.2) is 176 Å². The van der Waals surface area contributed by atoms with Crippen molar-refractivity contribution in [3.05, 3.63) is 181 Å². The van der Waals surface area contributed by atoms with E-state index < -0.39 is 0 Å². The van der Waals surface area contributed by atoms with Crippen molar-refractivity contribution >= 4 is 32.6 Å². The second kappa shape index (κ2) is 11.5. The first-order chi connectivity index (χ1) is 23.7. The van der Waals surface area contributed by atoms with Crippen LogP contribution >= 0.6 is 0 Å². The summed E-state index contributed by atoms with van der Waals surface area (Å²) < 4.78 is 2.28. The number of benzene rings is 8. The van der Waals surface area contributed by atoms with E-state index in [2.05, 4.69) is 181 Å². The summed E-state index contributed by atoms with van der Waals surface area (Å²) in [7, 11) is 0. The lowest BCUT2D eigenvalue weighted by Crippen LogP contribution is -1.97. The average Bonchev–Trinajstić information content (AvgIpc) is 3.53. The number of hydrogen-bond donors (Lipinski definition) is 0. The first kappa shape index (κ1) is 28.0. The Hall–Kier alpha value is -6.25. The lowest BCUT2D eigenvalue weighted by atomic mass is 9.85. The molecule has 1 heterocycles. The minimum Gasteiger partial charge on any atom is -0.292 e. The van der Waals surface area contributed by atoms with Gasteiger partial charge in [0.15, 0.2) is 0 Å². The summed E-state index contributed by atoms with van der Waals surface area (Å²) in [6, 6.07) is 63.3. The molecule has 0 aliphatic rings. The topological polar surface area (TPSA) is 17.8 Å². The van der Waals surface area contributed by atoms with Crippen LogP contribution in [0.1, 0.15) is 5.56 Å². The molecule has 8 aromatic carbocycles. The van der Waals surface area contributed by atoms with E-state index in [0.717, 1.165) is 28.1 Å². The van der Waals surface area contributed by atoms with Gasteiger partial charge in [-0.1, -0.05) is 146 Å². The van der Waals surface area contributed by atoms with Gasteiger partial charge in [-0.15, -0.1) is 0 Å². The van der Waals surface area contributed by atoms with Crippen molar-refractivity contribution in [1.29, 1.82) is 0 Å². The van der Waals surface area contributed by atoms with Crippen LogP contribution in [0.25, 0.3) is 83.0 Å². The molecule has 0 saturated carbocycles. The molecule has 9 rings (SSSR count). The smallest absolute Gasteiger partial charge is 0.145 e. The van der Waals surface area contributed by atoms with Crippen molar-refractivity contribution < 1.29 is 0 Å². The molecule has 1 aromatic heterocycles. The van der Waals surface area contributed by atoms with Gasteiger partial charge in [0.1, 0.15) is 5.82 Å². The van der Waals surface area contributed by atoms with Crippen molar-refractivity contribution in [1.82, 2.24) is 9.55 Å². The van der Waals surface area contributed by atoms with Crippen LogP contribution in [-0.2, 0) is 0 Å². The fourth-order valence-electron chi connectivity index (χ4n) is 7.23. The maximum Gasteiger partial charge on any atom is 0.145 e. The fourth-order valence-corrected chi connectivity index (χ4v) is 7.23. The molecule has 0 aliphatic heterocycles. The van der Waals surface area contributed by atoms with E-state index >= 15 is 0 Å². The van der Waals surface area contributed by atoms with E-state index in [1.54, 1.807) is 0 Å². The highest BCUT2D eigenvalue weighted by Crippen LogP contribution is 2.44. The number of aryl methyl sites for hydroxylation is 1. The molecule has 0 N–H and O–H groups in total. The molecule has 0 aliphatic carbocycles. The Morgan fingerprint density at radius 2 is 0.917 bits per heavy atom.